The van der Waals surface area contributed by atoms with Gasteiger partial charge in [0.05, 0.1) is 45.0 Å². The normalized spacial score (nSPS) is 11.6. The molecule has 5 aromatic heterocycles. The Hall–Kier alpha value is -6.07. The average Bonchev–Trinajstić information content (AvgIpc) is 3.67. The summed E-state index contributed by atoms with van der Waals surface area (Å²) < 4.78 is 4.64. The van der Waals surface area contributed by atoms with Gasteiger partial charge in [-0.2, -0.15) is 0 Å². The van der Waals surface area contributed by atoms with Crippen LogP contribution in [0.2, 0.25) is 0 Å². The molecule has 0 aliphatic heterocycles. The molecule has 0 unspecified atom stereocenters. The quantitative estimate of drug-likeness (QED) is 0.214. The third kappa shape index (κ3) is 3.83. The maximum Gasteiger partial charge on any atom is 0.0915 e. The van der Waals surface area contributed by atoms with Crippen molar-refractivity contribution < 1.29 is 0 Å². The zero-order chi connectivity index (χ0) is 29.0. The molecule has 4 aromatic carbocycles. The van der Waals surface area contributed by atoms with Crippen LogP contribution in [0.25, 0.3) is 77.6 Å². The van der Waals surface area contributed by atoms with Crippen molar-refractivity contribution in [3.8, 4) is 34.2 Å². The molecule has 0 fully saturated rings. The monoisotopic (exact) mass is 563 g/mol. The van der Waals surface area contributed by atoms with E-state index >= 15 is 0 Å². The number of aromatic nitrogens is 5. The van der Waals surface area contributed by atoms with E-state index in [2.05, 4.69) is 122 Å². The van der Waals surface area contributed by atoms with Crippen LogP contribution < -0.4 is 0 Å². The van der Waals surface area contributed by atoms with Gasteiger partial charge in [0, 0.05) is 45.8 Å². The van der Waals surface area contributed by atoms with Crippen LogP contribution in [0, 0.1) is 0 Å². The second kappa shape index (κ2) is 9.75. The summed E-state index contributed by atoms with van der Waals surface area (Å²) in [7, 11) is 0. The van der Waals surface area contributed by atoms with Crippen molar-refractivity contribution in [1.82, 2.24) is 24.1 Å². The highest BCUT2D eigenvalue weighted by molar-refractivity contribution is 6.20. The van der Waals surface area contributed by atoms with Gasteiger partial charge in [0.15, 0.2) is 0 Å². The zero-order valence-corrected chi connectivity index (χ0v) is 23.7. The number of hydrogen-bond donors (Lipinski definition) is 0. The Morgan fingerprint density at radius 2 is 1.14 bits per heavy atom. The lowest BCUT2D eigenvalue weighted by molar-refractivity contribution is 1.13. The van der Waals surface area contributed by atoms with Crippen molar-refractivity contribution in [3.05, 3.63) is 152 Å². The first kappa shape index (κ1) is 24.5. The molecule has 0 spiro atoms. The first-order chi connectivity index (χ1) is 21.8. The first-order valence-corrected chi connectivity index (χ1v) is 14.7. The number of para-hydroxylation sites is 2. The Morgan fingerprint density at radius 3 is 1.86 bits per heavy atom. The highest BCUT2D eigenvalue weighted by atomic mass is 15.0. The molecule has 0 saturated carbocycles. The lowest BCUT2D eigenvalue weighted by Gasteiger charge is -2.14. The minimum Gasteiger partial charge on any atom is -0.317 e. The molecule has 0 saturated heterocycles. The summed E-state index contributed by atoms with van der Waals surface area (Å²) in [4.78, 5) is 14.3. The van der Waals surface area contributed by atoms with Gasteiger partial charge in [0.1, 0.15) is 0 Å². The van der Waals surface area contributed by atoms with Crippen LogP contribution in [0.4, 0.5) is 0 Å². The second-order valence-electron chi connectivity index (χ2n) is 11.0. The number of rotatable bonds is 4. The Morgan fingerprint density at radius 1 is 0.432 bits per heavy atom. The zero-order valence-electron chi connectivity index (χ0n) is 23.7. The molecule has 0 N–H and O–H groups in total. The smallest absolute Gasteiger partial charge is 0.0915 e. The summed E-state index contributed by atoms with van der Waals surface area (Å²) in [5.41, 5.74) is 8.91. The third-order valence-electron chi connectivity index (χ3n) is 8.42. The van der Waals surface area contributed by atoms with Gasteiger partial charge in [-0.1, -0.05) is 60.7 Å². The maximum absolute atomic E-state index is 5.04. The number of fused-ring (bicyclic) bond motifs is 6. The van der Waals surface area contributed by atoms with E-state index in [0.29, 0.717) is 0 Å². The van der Waals surface area contributed by atoms with Gasteiger partial charge in [0.25, 0.3) is 0 Å². The van der Waals surface area contributed by atoms with E-state index in [4.69, 9.17) is 4.98 Å². The summed E-state index contributed by atoms with van der Waals surface area (Å²) in [5.74, 6) is 0. The Bertz CT molecular complexity index is 2420. The van der Waals surface area contributed by atoms with Gasteiger partial charge in [0.2, 0.25) is 0 Å². The molecule has 9 rings (SSSR count). The molecule has 0 radical (unpaired) electrons. The van der Waals surface area contributed by atoms with Crippen molar-refractivity contribution in [3.63, 3.8) is 0 Å². The van der Waals surface area contributed by atoms with Gasteiger partial charge in [-0.15, -0.1) is 0 Å². The van der Waals surface area contributed by atoms with Crippen LogP contribution >= 0.6 is 0 Å². The van der Waals surface area contributed by atoms with Gasteiger partial charge >= 0.3 is 0 Å². The highest BCUT2D eigenvalue weighted by Gasteiger charge is 2.18. The predicted octanol–water partition coefficient (Wildman–Crippen LogP) is 9.40. The van der Waals surface area contributed by atoms with E-state index in [9.17, 15) is 0 Å². The Kier molecular flexibility index (Phi) is 5.43. The molecule has 44 heavy (non-hydrogen) atoms. The lowest BCUT2D eigenvalue weighted by atomic mass is 10.0. The maximum atomic E-state index is 5.04. The van der Waals surface area contributed by atoms with Gasteiger partial charge < -0.3 is 9.13 Å². The van der Waals surface area contributed by atoms with E-state index in [1.54, 1.807) is 0 Å². The fourth-order valence-corrected chi connectivity index (χ4v) is 6.43. The molecule has 9 aromatic rings. The minimum atomic E-state index is 0.803. The number of hydrogen-bond acceptors (Lipinski definition) is 3. The van der Waals surface area contributed by atoms with Crippen molar-refractivity contribution in [1.29, 1.82) is 0 Å². The largest absolute Gasteiger partial charge is 0.317 e. The van der Waals surface area contributed by atoms with Crippen molar-refractivity contribution in [2.45, 2.75) is 0 Å². The van der Waals surface area contributed by atoms with Crippen LogP contribution in [-0.2, 0) is 0 Å². The summed E-state index contributed by atoms with van der Waals surface area (Å²) in [6, 6.07) is 46.7. The molecule has 5 nitrogen and oxygen atoms in total. The van der Waals surface area contributed by atoms with E-state index < -0.39 is 0 Å². The summed E-state index contributed by atoms with van der Waals surface area (Å²) >= 11 is 0. The van der Waals surface area contributed by atoms with Crippen LogP contribution in [-0.4, -0.2) is 24.1 Å². The van der Waals surface area contributed by atoms with E-state index in [-0.39, 0.29) is 0 Å². The molecule has 5 heteroatoms. The molecule has 206 valence electrons. The molecule has 0 aliphatic rings. The first-order valence-electron chi connectivity index (χ1n) is 14.7. The third-order valence-corrected chi connectivity index (χ3v) is 8.42. The number of nitrogens with zero attached hydrogens (tertiary/aromatic N) is 5. The molecule has 5 heterocycles. The Balaban J connectivity index is 1.37. The van der Waals surface area contributed by atoms with Gasteiger partial charge in [-0.05, 0) is 78.2 Å². The van der Waals surface area contributed by atoms with E-state index in [0.717, 1.165) is 39.7 Å². The van der Waals surface area contributed by atoms with Gasteiger partial charge in [-0.3, -0.25) is 9.97 Å². The van der Waals surface area contributed by atoms with Crippen LogP contribution in [0.3, 0.4) is 0 Å². The van der Waals surface area contributed by atoms with E-state index in [1.807, 2.05) is 48.8 Å². The second-order valence-corrected chi connectivity index (χ2v) is 11.0. The van der Waals surface area contributed by atoms with Gasteiger partial charge in [-0.25, -0.2) is 4.98 Å². The van der Waals surface area contributed by atoms with Crippen LogP contribution in [0.5, 0.6) is 0 Å². The fraction of sp³-hybridized carbons (Fsp3) is 0. The standard InChI is InChI=1S/C39H25N5/c1-2-10-28(11-3-1)43-21-18-27-22-32-26(23-38(27)43)16-17-31-30-12-4-5-15-37(30)44(39(31)32)29-24-35(33-13-6-8-19-40-33)42-36(25-29)34-14-7-9-20-41-34/h1-25H. The van der Waals surface area contributed by atoms with Crippen molar-refractivity contribution >= 4 is 43.5 Å². The minimum absolute atomic E-state index is 0.803. The molecule has 0 atom stereocenters. The number of benzene rings is 4. The molecule has 0 aliphatic carbocycles. The highest BCUT2D eigenvalue weighted by Crippen LogP contribution is 2.39. The summed E-state index contributed by atoms with van der Waals surface area (Å²) in [6.07, 6.45) is 5.78. The van der Waals surface area contributed by atoms with Crippen LogP contribution in [0.1, 0.15) is 0 Å². The topological polar surface area (TPSA) is 48.5 Å². The molecule has 0 bridgehead atoms. The fourth-order valence-electron chi connectivity index (χ4n) is 6.43. The van der Waals surface area contributed by atoms with Crippen molar-refractivity contribution in [2.75, 3.05) is 0 Å². The van der Waals surface area contributed by atoms with Crippen molar-refractivity contribution in [2.24, 2.45) is 0 Å². The number of pyridine rings is 3. The average molecular weight is 564 g/mol. The summed E-state index contributed by atoms with van der Waals surface area (Å²) in [6.45, 7) is 0. The lowest BCUT2D eigenvalue weighted by Crippen LogP contribution is -2.00. The molecule has 0 amide bonds. The molecular weight excluding hydrogens is 538 g/mol. The molecular formula is C39H25N5. The van der Waals surface area contributed by atoms with Crippen LogP contribution in [0.15, 0.2) is 152 Å². The Labute approximate surface area is 253 Å². The van der Waals surface area contributed by atoms with E-state index in [1.165, 1.54) is 38.0 Å². The summed E-state index contributed by atoms with van der Waals surface area (Å²) in [5, 5.41) is 6.01. The predicted molar refractivity (Wildman–Crippen MR) is 179 cm³/mol. The SMILES string of the molecule is c1ccc(-n2ccc3cc4c(ccc5c6ccccc6n(-c6cc(-c7ccccn7)nc(-c7ccccn7)c6)c45)cc32)cc1.